The summed E-state index contributed by atoms with van der Waals surface area (Å²) < 4.78 is 0. The zero-order valence-corrected chi connectivity index (χ0v) is 16.1. The molecule has 0 aromatic heterocycles. The average molecular weight is 422 g/mol. The molecule has 0 saturated carbocycles. The maximum Gasteiger partial charge on any atom is 0.335 e. The first-order valence-corrected chi connectivity index (χ1v) is 9.14. The highest BCUT2D eigenvalue weighted by Gasteiger charge is 2.21. The number of nitrogens with zero attached hydrogens (tertiary/aromatic N) is 1. The van der Waals surface area contributed by atoms with Gasteiger partial charge in [-0.05, 0) is 54.1 Å². The van der Waals surface area contributed by atoms with Crippen LogP contribution < -0.4 is 5.32 Å². The fourth-order valence-corrected chi connectivity index (χ4v) is 3.02. The van der Waals surface area contributed by atoms with Gasteiger partial charge in [-0.25, -0.2) is 4.79 Å². The minimum Gasteiger partial charge on any atom is -0.508 e. The molecule has 0 spiro atoms. The van der Waals surface area contributed by atoms with Crippen molar-refractivity contribution in [1.82, 2.24) is 0 Å². The van der Waals surface area contributed by atoms with Crippen molar-refractivity contribution in [3.63, 3.8) is 0 Å². The van der Waals surface area contributed by atoms with E-state index in [4.69, 9.17) is 5.11 Å². The maximum atomic E-state index is 12.8. The molecule has 0 aliphatic carbocycles. The molecule has 3 aromatic rings. The molecule has 1 atom stereocenters. The summed E-state index contributed by atoms with van der Waals surface area (Å²) in [5, 5.41) is 42.4. The Kier molecular flexibility index (Phi) is 6.15. The molecule has 0 bridgehead atoms. The predicted octanol–water partition coefficient (Wildman–Crippen LogP) is 4.13. The van der Waals surface area contributed by atoms with Gasteiger partial charge < -0.3 is 20.6 Å². The number of phenolic OH excluding ortho intramolecular Hbond substituents is 2. The summed E-state index contributed by atoms with van der Waals surface area (Å²) in [6.45, 7) is 0. The lowest BCUT2D eigenvalue weighted by atomic mass is 9.97. The Morgan fingerprint density at radius 2 is 1.55 bits per heavy atom. The second kappa shape index (κ2) is 8.95. The van der Waals surface area contributed by atoms with Gasteiger partial charge in [0.1, 0.15) is 5.75 Å². The highest BCUT2D eigenvalue weighted by molar-refractivity contribution is 5.97. The Labute approximate surface area is 176 Å². The number of carboxylic acid groups (broad SMARTS) is 1. The highest BCUT2D eigenvalue weighted by Crippen LogP contribution is 2.30. The van der Waals surface area contributed by atoms with Gasteiger partial charge in [0, 0.05) is 23.7 Å². The van der Waals surface area contributed by atoms with E-state index in [-0.39, 0.29) is 23.3 Å². The van der Waals surface area contributed by atoms with E-state index in [2.05, 4.69) is 5.32 Å². The third-order valence-electron chi connectivity index (χ3n) is 4.65. The largest absolute Gasteiger partial charge is 0.508 e. The van der Waals surface area contributed by atoms with Crippen molar-refractivity contribution in [1.29, 1.82) is 0 Å². The van der Waals surface area contributed by atoms with Crippen molar-refractivity contribution in [3.8, 4) is 11.5 Å². The van der Waals surface area contributed by atoms with Gasteiger partial charge in [-0.1, -0.05) is 12.1 Å². The highest BCUT2D eigenvalue weighted by atomic mass is 16.6. The third-order valence-corrected chi connectivity index (χ3v) is 4.65. The Bertz CT molecular complexity index is 1130. The van der Waals surface area contributed by atoms with E-state index in [0.717, 1.165) is 12.1 Å². The van der Waals surface area contributed by atoms with E-state index in [1.165, 1.54) is 30.3 Å². The van der Waals surface area contributed by atoms with Crippen LogP contribution in [-0.2, 0) is 0 Å². The number of hydrogen-bond donors (Lipinski definition) is 4. The second-order valence-corrected chi connectivity index (χ2v) is 6.76. The number of rotatable bonds is 8. The number of nitrogens with one attached hydrogen (secondary N) is 1. The molecule has 9 heteroatoms. The first kappa shape index (κ1) is 21.3. The number of carboxylic acids is 1. The molecular formula is C22H18N2O7. The van der Waals surface area contributed by atoms with Crippen LogP contribution in [-0.4, -0.2) is 32.0 Å². The van der Waals surface area contributed by atoms with E-state index < -0.39 is 34.2 Å². The summed E-state index contributed by atoms with van der Waals surface area (Å²) in [4.78, 5) is 34.2. The number of carbonyl (C=O) groups is 2. The molecule has 0 amide bonds. The minimum absolute atomic E-state index is 0.0498. The van der Waals surface area contributed by atoms with E-state index >= 15 is 0 Å². The molecule has 9 nitrogen and oxygen atoms in total. The molecule has 0 aliphatic heterocycles. The molecule has 0 aliphatic rings. The molecular weight excluding hydrogens is 404 g/mol. The summed E-state index contributed by atoms with van der Waals surface area (Å²) in [5.41, 5.74) is 0.842. The Balaban J connectivity index is 1.88. The van der Waals surface area contributed by atoms with Crippen molar-refractivity contribution >= 4 is 23.1 Å². The standard InChI is InChI=1S/C22H18N2O7/c25-17-8-3-13(4-9-17)18(23-16-6-1-14(2-7-16)22(28)29)12-21(27)15-5-10-20(26)19(11-15)24(30)31/h1-11,18,23,25-26H,12H2,(H,28,29). The summed E-state index contributed by atoms with van der Waals surface area (Å²) in [5.74, 6) is -1.95. The number of hydrogen-bond acceptors (Lipinski definition) is 7. The third kappa shape index (κ3) is 5.15. The summed E-state index contributed by atoms with van der Waals surface area (Å²) in [6.07, 6.45) is -0.0899. The van der Waals surface area contributed by atoms with Crippen molar-refractivity contribution in [3.05, 3.63) is 93.5 Å². The first-order chi connectivity index (χ1) is 14.7. The minimum atomic E-state index is -1.06. The zero-order chi connectivity index (χ0) is 22.5. The normalized spacial score (nSPS) is 11.5. The summed E-state index contributed by atoms with van der Waals surface area (Å²) in [7, 11) is 0. The quantitative estimate of drug-likeness (QED) is 0.240. The molecule has 31 heavy (non-hydrogen) atoms. The van der Waals surface area contributed by atoms with Crippen LogP contribution in [0.3, 0.4) is 0 Å². The Morgan fingerprint density at radius 3 is 2.13 bits per heavy atom. The van der Waals surface area contributed by atoms with Gasteiger partial charge in [-0.2, -0.15) is 0 Å². The number of phenols is 2. The monoisotopic (exact) mass is 422 g/mol. The molecule has 1 unspecified atom stereocenters. The topological polar surface area (TPSA) is 150 Å². The van der Waals surface area contributed by atoms with Gasteiger partial charge in [-0.3, -0.25) is 14.9 Å². The molecule has 3 rings (SSSR count). The number of aromatic hydroxyl groups is 2. The number of ketones is 1. The number of benzene rings is 3. The van der Waals surface area contributed by atoms with Crippen LogP contribution in [0, 0.1) is 10.1 Å². The lowest BCUT2D eigenvalue weighted by Crippen LogP contribution is -2.16. The van der Waals surface area contributed by atoms with Gasteiger partial charge in [0.15, 0.2) is 11.5 Å². The number of nitro groups is 1. The summed E-state index contributed by atoms with van der Waals surface area (Å²) in [6, 6.07) is 15.0. The predicted molar refractivity (Wildman–Crippen MR) is 112 cm³/mol. The molecule has 4 N–H and O–H groups in total. The van der Waals surface area contributed by atoms with Crippen LogP contribution in [0.15, 0.2) is 66.7 Å². The lowest BCUT2D eigenvalue weighted by molar-refractivity contribution is -0.385. The van der Waals surface area contributed by atoms with Crippen LogP contribution in [0.4, 0.5) is 11.4 Å². The van der Waals surface area contributed by atoms with E-state index in [0.29, 0.717) is 11.3 Å². The van der Waals surface area contributed by atoms with Crippen molar-refractivity contribution < 1.29 is 29.8 Å². The molecule has 0 radical (unpaired) electrons. The number of nitro benzene ring substituents is 1. The number of aromatic carboxylic acids is 1. The first-order valence-electron chi connectivity index (χ1n) is 9.14. The van der Waals surface area contributed by atoms with Gasteiger partial charge in [0.05, 0.1) is 16.5 Å². The molecule has 0 fully saturated rings. The van der Waals surface area contributed by atoms with Crippen LogP contribution >= 0.6 is 0 Å². The second-order valence-electron chi connectivity index (χ2n) is 6.76. The summed E-state index contributed by atoms with van der Waals surface area (Å²) >= 11 is 0. The molecule has 3 aromatic carbocycles. The number of anilines is 1. The number of carbonyl (C=O) groups excluding carboxylic acids is 1. The van der Waals surface area contributed by atoms with Crippen molar-refractivity contribution in [2.45, 2.75) is 12.5 Å². The zero-order valence-electron chi connectivity index (χ0n) is 16.1. The van der Waals surface area contributed by atoms with Gasteiger partial charge in [-0.15, -0.1) is 0 Å². The lowest BCUT2D eigenvalue weighted by Gasteiger charge is -2.20. The average Bonchev–Trinajstić information content (AvgIpc) is 2.74. The Hall–Kier alpha value is -4.40. The van der Waals surface area contributed by atoms with E-state index in [1.54, 1.807) is 24.3 Å². The molecule has 0 saturated heterocycles. The van der Waals surface area contributed by atoms with Crippen LogP contribution in [0.5, 0.6) is 11.5 Å². The van der Waals surface area contributed by atoms with Crippen LogP contribution in [0.2, 0.25) is 0 Å². The fraction of sp³-hybridized carbons (Fsp3) is 0.0909. The van der Waals surface area contributed by atoms with E-state index in [1.807, 2.05) is 0 Å². The van der Waals surface area contributed by atoms with Gasteiger partial charge in [0.25, 0.3) is 0 Å². The Morgan fingerprint density at radius 1 is 0.935 bits per heavy atom. The van der Waals surface area contributed by atoms with Crippen LogP contribution in [0.1, 0.15) is 38.7 Å². The SMILES string of the molecule is O=C(O)c1ccc(NC(CC(=O)c2ccc(O)c([N+](=O)[O-])c2)c2ccc(O)cc2)cc1. The smallest absolute Gasteiger partial charge is 0.335 e. The van der Waals surface area contributed by atoms with Crippen molar-refractivity contribution in [2.75, 3.05) is 5.32 Å². The molecule has 0 heterocycles. The van der Waals surface area contributed by atoms with E-state index in [9.17, 15) is 29.9 Å². The number of Topliss-reactive ketones (excluding diaryl/α,β-unsaturated/α-hetero) is 1. The fourth-order valence-electron chi connectivity index (χ4n) is 3.02. The van der Waals surface area contributed by atoms with Gasteiger partial charge >= 0.3 is 11.7 Å². The van der Waals surface area contributed by atoms with Gasteiger partial charge in [0.2, 0.25) is 0 Å². The molecule has 158 valence electrons. The van der Waals surface area contributed by atoms with Crippen LogP contribution in [0.25, 0.3) is 0 Å². The van der Waals surface area contributed by atoms with Crippen molar-refractivity contribution in [2.24, 2.45) is 0 Å². The maximum absolute atomic E-state index is 12.8.